The number of nitrogens with zero attached hydrogens (tertiary/aromatic N) is 1. The van der Waals surface area contributed by atoms with Crippen LogP contribution in [0.15, 0.2) is 29.3 Å². The maximum atomic E-state index is 10.9. The minimum Gasteiger partial charge on any atom is -0.366 e. The van der Waals surface area contributed by atoms with Gasteiger partial charge >= 0.3 is 0 Å². The van der Waals surface area contributed by atoms with Crippen molar-refractivity contribution in [1.29, 1.82) is 0 Å². The molecule has 0 fully saturated rings. The Bertz CT molecular complexity index is 399. The number of anilines is 1. The number of hydrogen-bond acceptors (Lipinski definition) is 3. The van der Waals surface area contributed by atoms with Gasteiger partial charge in [-0.1, -0.05) is 6.92 Å². The summed E-state index contributed by atoms with van der Waals surface area (Å²) in [7, 11) is 0. The van der Waals surface area contributed by atoms with Gasteiger partial charge < -0.3 is 11.1 Å². The fraction of sp³-hybridized carbons (Fsp3) is 0.273. The van der Waals surface area contributed by atoms with Crippen LogP contribution in [0, 0.1) is 0 Å². The molecule has 6 nitrogen and oxygen atoms in total. The molecule has 0 bridgehead atoms. The second-order valence-corrected chi connectivity index (χ2v) is 3.44. The zero-order valence-electron chi connectivity index (χ0n) is 9.73. The molecule has 92 valence electrons. The van der Waals surface area contributed by atoms with Crippen LogP contribution in [-0.4, -0.2) is 18.4 Å². The van der Waals surface area contributed by atoms with Crippen LogP contribution in [0.4, 0.5) is 5.69 Å². The summed E-state index contributed by atoms with van der Waals surface area (Å²) in [6.45, 7) is 2.71. The third-order valence-corrected chi connectivity index (χ3v) is 2.06. The van der Waals surface area contributed by atoms with E-state index < -0.39 is 5.91 Å². The average Bonchev–Trinajstić information content (AvgIpc) is 2.35. The van der Waals surface area contributed by atoms with Crippen LogP contribution in [0.25, 0.3) is 0 Å². The van der Waals surface area contributed by atoms with Gasteiger partial charge in [0.05, 0.1) is 0 Å². The molecule has 1 aromatic rings. The summed E-state index contributed by atoms with van der Waals surface area (Å²) in [6.07, 6.45) is 0.938. The topological polar surface area (TPSA) is 106 Å². The summed E-state index contributed by atoms with van der Waals surface area (Å²) in [5.74, 6) is 5.36. The van der Waals surface area contributed by atoms with E-state index in [2.05, 4.69) is 15.7 Å². The number of carbonyl (C=O) groups excluding carboxylic acids is 1. The molecule has 0 saturated carbocycles. The van der Waals surface area contributed by atoms with Gasteiger partial charge in [0.1, 0.15) is 0 Å². The van der Waals surface area contributed by atoms with E-state index in [0.29, 0.717) is 18.1 Å². The molecule has 0 aromatic heterocycles. The molecule has 1 rings (SSSR count). The number of hydrazine groups is 1. The summed E-state index contributed by atoms with van der Waals surface area (Å²) in [5, 5.41) is 2.99. The smallest absolute Gasteiger partial charge is 0.248 e. The second-order valence-electron chi connectivity index (χ2n) is 3.44. The van der Waals surface area contributed by atoms with Gasteiger partial charge in [0.15, 0.2) is 0 Å². The van der Waals surface area contributed by atoms with Gasteiger partial charge in [-0.3, -0.25) is 15.2 Å². The number of nitrogens with two attached hydrogens (primary N) is 2. The monoisotopic (exact) mass is 235 g/mol. The SMILES string of the molecule is CCCN=C(NN)Nc1ccc(C(N)=O)cc1. The van der Waals surface area contributed by atoms with E-state index in [0.717, 1.165) is 12.1 Å². The number of rotatable bonds is 4. The molecule has 0 aliphatic carbocycles. The lowest BCUT2D eigenvalue weighted by Crippen LogP contribution is -2.36. The van der Waals surface area contributed by atoms with E-state index in [1.807, 2.05) is 6.92 Å². The van der Waals surface area contributed by atoms with E-state index >= 15 is 0 Å². The zero-order chi connectivity index (χ0) is 12.7. The number of aliphatic imine (C=N–C) groups is 1. The number of amides is 1. The average molecular weight is 235 g/mol. The molecular formula is C11H17N5O. The van der Waals surface area contributed by atoms with Gasteiger partial charge in [0, 0.05) is 17.8 Å². The molecule has 0 spiro atoms. The Morgan fingerprint density at radius 3 is 2.47 bits per heavy atom. The highest BCUT2D eigenvalue weighted by Crippen LogP contribution is 2.08. The first-order valence-electron chi connectivity index (χ1n) is 5.35. The predicted molar refractivity (Wildman–Crippen MR) is 68.5 cm³/mol. The molecule has 0 saturated heterocycles. The normalized spacial score (nSPS) is 11.1. The first-order chi connectivity index (χ1) is 8.17. The molecule has 0 heterocycles. The van der Waals surface area contributed by atoms with Crippen molar-refractivity contribution in [2.24, 2.45) is 16.6 Å². The van der Waals surface area contributed by atoms with Gasteiger partial charge in [-0.2, -0.15) is 0 Å². The molecule has 6 heteroatoms. The standard InChI is InChI=1S/C11H17N5O/c1-2-7-14-11(16-13)15-9-5-3-8(4-6-9)10(12)17/h3-6H,2,7,13H2,1H3,(H2,12,17)(H2,14,15,16). The molecule has 1 amide bonds. The van der Waals surface area contributed by atoms with E-state index in [-0.39, 0.29) is 0 Å². The molecule has 6 N–H and O–H groups in total. The summed E-state index contributed by atoms with van der Waals surface area (Å²) in [4.78, 5) is 15.1. The number of benzene rings is 1. The van der Waals surface area contributed by atoms with Crippen molar-refractivity contribution in [3.8, 4) is 0 Å². The van der Waals surface area contributed by atoms with Crippen LogP contribution in [0.3, 0.4) is 0 Å². The maximum absolute atomic E-state index is 10.9. The second kappa shape index (κ2) is 6.49. The van der Waals surface area contributed by atoms with Crippen molar-refractivity contribution in [2.75, 3.05) is 11.9 Å². The fourth-order valence-electron chi connectivity index (χ4n) is 1.20. The van der Waals surface area contributed by atoms with Gasteiger partial charge in [0.25, 0.3) is 0 Å². The van der Waals surface area contributed by atoms with Crippen molar-refractivity contribution in [2.45, 2.75) is 13.3 Å². The molecular weight excluding hydrogens is 218 g/mol. The number of guanidine groups is 1. The molecule has 17 heavy (non-hydrogen) atoms. The Labute approximate surface area is 100 Å². The van der Waals surface area contributed by atoms with E-state index in [1.165, 1.54) is 0 Å². The number of carbonyl (C=O) groups is 1. The van der Waals surface area contributed by atoms with Crippen molar-refractivity contribution >= 4 is 17.6 Å². The van der Waals surface area contributed by atoms with Crippen LogP contribution < -0.4 is 22.3 Å². The molecule has 0 unspecified atom stereocenters. The fourth-order valence-corrected chi connectivity index (χ4v) is 1.20. The van der Waals surface area contributed by atoms with E-state index in [9.17, 15) is 4.79 Å². The summed E-state index contributed by atoms with van der Waals surface area (Å²) in [6, 6.07) is 6.75. The van der Waals surface area contributed by atoms with Gasteiger partial charge in [0.2, 0.25) is 11.9 Å². The van der Waals surface area contributed by atoms with Crippen LogP contribution in [-0.2, 0) is 0 Å². The Morgan fingerprint density at radius 2 is 2.00 bits per heavy atom. The minimum absolute atomic E-state index is 0.451. The number of hydrogen-bond donors (Lipinski definition) is 4. The summed E-state index contributed by atoms with van der Waals surface area (Å²) in [5.41, 5.74) is 8.85. The van der Waals surface area contributed by atoms with Crippen LogP contribution >= 0.6 is 0 Å². The highest BCUT2D eigenvalue weighted by molar-refractivity contribution is 5.95. The third-order valence-electron chi connectivity index (χ3n) is 2.06. The minimum atomic E-state index is -0.451. The Morgan fingerprint density at radius 1 is 1.35 bits per heavy atom. The van der Waals surface area contributed by atoms with Crippen molar-refractivity contribution in [1.82, 2.24) is 5.43 Å². The quantitative estimate of drug-likeness (QED) is 0.263. The Kier molecular flexibility index (Phi) is 4.96. The van der Waals surface area contributed by atoms with Crippen molar-refractivity contribution in [3.05, 3.63) is 29.8 Å². The summed E-state index contributed by atoms with van der Waals surface area (Å²) >= 11 is 0. The van der Waals surface area contributed by atoms with Crippen LogP contribution in [0.5, 0.6) is 0 Å². The van der Waals surface area contributed by atoms with Crippen molar-refractivity contribution < 1.29 is 4.79 Å². The number of primary amides is 1. The van der Waals surface area contributed by atoms with Gasteiger partial charge in [-0.05, 0) is 30.7 Å². The lowest BCUT2D eigenvalue weighted by atomic mass is 10.2. The molecule has 0 radical (unpaired) electrons. The molecule has 0 aliphatic heterocycles. The number of nitrogens with one attached hydrogen (secondary N) is 2. The zero-order valence-corrected chi connectivity index (χ0v) is 9.73. The van der Waals surface area contributed by atoms with E-state index in [1.54, 1.807) is 24.3 Å². The van der Waals surface area contributed by atoms with Gasteiger partial charge in [-0.25, -0.2) is 5.84 Å². The third kappa shape index (κ3) is 4.12. The van der Waals surface area contributed by atoms with Gasteiger partial charge in [-0.15, -0.1) is 0 Å². The molecule has 0 aliphatic rings. The Hall–Kier alpha value is -2.08. The maximum Gasteiger partial charge on any atom is 0.248 e. The lowest BCUT2D eigenvalue weighted by Gasteiger charge is -2.09. The molecule has 0 atom stereocenters. The summed E-state index contributed by atoms with van der Waals surface area (Å²) < 4.78 is 0. The van der Waals surface area contributed by atoms with E-state index in [4.69, 9.17) is 11.6 Å². The lowest BCUT2D eigenvalue weighted by molar-refractivity contribution is 0.100. The Balaban J connectivity index is 2.70. The highest BCUT2D eigenvalue weighted by Gasteiger charge is 2.01. The van der Waals surface area contributed by atoms with Crippen molar-refractivity contribution in [3.63, 3.8) is 0 Å². The van der Waals surface area contributed by atoms with Crippen LogP contribution in [0.2, 0.25) is 0 Å². The first-order valence-corrected chi connectivity index (χ1v) is 5.35. The molecule has 1 aromatic carbocycles. The largest absolute Gasteiger partial charge is 0.366 e. The first kappa shape index (κ1) is 13.0. The highest BCUT2D eigenvalue weighted by atomic mass is 16.1. The predicted octanol–water partition coefficient (Wildman–Crippen LogP) is 0.427. The van der Waals surface area contributed by atoms with Crippen LogP contribution in [0.1, 0.15) is 23.7 Å².